The summed E-state index contributed by atoms with van der Waals surface area (Å²) in [6, 6.07) is 0. The van der Waals surface area contributed by atoms with E-state index in [-0.39, 0.29) is 0 Å². The third-order valence-corrected chi connectivity index (χ3v) is 0.722. The van der Waals surface area contributed by atoms with Crippen molar-refractivity contribution in [1.29, 1.82) is 0 Å². The third kappa shape index (κ3) is 5.61. The summed E-state index contributed by atoms with van der Waals surface area (Å²) in [5.74, 6) is 0. The second kappa shape index (κ2) is 3.79. The van der Waals surface area contributed by atoms with Gasteiger partial charge in [0.05, 0.1) is 5.57 Å². The molecule has 0 amide bonds. The molecule has 1 radical (unpaired) electrons. The van der Waals surface area contributed by atoms with Crippen LogP contribution < -0.4 is 0 Å². The van der Waals surface area contributed by atoms with Crippen molar-refractivity contribution < 1.29 is 0 Å². The SMILES string of the molecule is C=C([CH2+])C[CH]CC. The summed E-state index contributed by atoms with van der Waals surface area (Å²) >= 11 is 0. The van der Waals surface area contributed by atoms with Crippen LogP contribution in [0.25, 0.3) is 0 Å². The molecule has 0 heterocycles. The summed E-state index contributed by atoms with van der Waals surface area (Å²) in [6.45, 7) is 9.41. The predicted molar refractivity (Wildman–Crippen MR) is 33.7 cm³/mol. The van der Waals surface area contributed by atoms with Gasteiger partial charge < -0.3 is 0 Å². The molecule has 0 aliphatic heterocycles. The normalized spacial score (nSPS) is 8.71. The van der Waals surface area contributed by atoms with Crippen LogP contribution in [-0.2, 0) is 0 Å². The summed E-state index contributed by atoms with van der Waals surface area (Å²) in [5.41, 5.74) is 1.00. The zero-order valence-electron chi connectivity index (χ0n) is 4.91. The van der Waals surface area contributed by atoms with Crippen LogP contribution >= 0.6 is 0 Å². The van der Waals surface area contributed by atoms with Gasteiger partial charge in [-0.15, -0.1) is 0 Å². The monoisotopic (exact) mass is 96.1 g/mol. The number of unbranched alkanes of at least 4 members (excludes halogenated alkanes) is 1. The van der Waals surface area contributed by atoms with E-state index < -0.39 is 0 Å². The van der Waals surface area contributed by atoms with E-state index in [0.717, 1.165) is 18.4 Å². The second-order valence-corrected chi connectivity index (χ2v) is 1.65. The van der Waals surface area contributed by atoms with E-state index in [1.807, 2.05) is 0 Å². The van der Waals surface area contributed by atoms with Crippen LogP contribution in [-0.4, -0.2) is 0 Å². The van der Waals surface area contributed by atoms with Gasteiger partial charge in [0.2, 0.25) is 0 Å². The molecule has 0 aliphatic carbocycles. The van der Waals surface area contributed by atoms with Crippen LogP contribution in [0.1, 0.15) is 19.8 Å². The van der Waals surface area contributed by atoms with Crippen molar-refractivity contribution in [2.45, 2.75) is 19.8 Å². The molecule has 0 aromatic carbocycles. The fraction of sp³-hybridized carbons (Fsp3) is 0.429. The Kier molecular flexibility index (Phi) is 3.58. The van der Waals surface area contributed by atoms with Gasteiger partial charge in [-0.25, -0.2) is 0 Å². The van der Waals surface area contributed by atoms with Crippen molar-refractivity contribution in [2.24, 2.45) is 0 Å². The third-order valence-electron chi connectivity index (χ3n) is 0.722. The number of hydrogen-bond donors (Lipinski definition) is 0. The van der Waals surface area contributed by atoms with Gasteiger partial charge in [-0.05, 0) is 6.42 Å². The van der Waals surface area contributed by atoms with Gasteiger partial charge in [0, 0.05) is 19.9 Å². The zero-order chi connectivity index (χ0) is 5.70. The molecule has 0 aromatic rings. The van der Waals surface area contributed by atoms with Crippen molar-refractivity contribution in [3.8, 4) is 0 Å². The first-order valence-electron chi connectivity index (χ1n) is 2.58. The molecule has 0 nitrogen and oxygen atoms in total. The standard InChI is InChI=1S/C7H12/c1-4-5-6-7(2)3/h5H,2-4,6H2,1H3/q+1. The molecule has 7 heavy (non-hydrogen) atoms. The summed E-state index contributed by atoms with van der Waals surface area (Å²) in [7, 11) is 0. The zero-order valence-corrected chi connectivity index (χ0v) is 4.91. The van der Waals surface area contributed by atoms with Crippen molar-refractivity contribution in [3.63, 3.8) is 0 Å². The van der Waals surface area contributed by atoms with Crippen LogP contribution in [0, 0.1) is 13.3 Å². The molecule has 0 fully saturated rings. The van der Waals surface area contributed by atoms with Crippen LogP contribution in [0.2, 0.25) is 0 Å². The molecule has 39 valence electrons. The van der Waals surface area contributed by atoms with E-state index in [0.29, 0.717) is 0 Å². The van der Waals surface area contributed by atoms with E-state index in [9.17, 15) is 0 Å². The molecule has 0 saturated heterocycles. The largest absolute Gasteiger partial charge is 0.0967 e. The first kappa shape index (κ1) is 6.61. The maximum atomic E-state index is 3.65. The topological polar surface area (TPSA) is 0 Å². The van der Waals surface area contributed by atoms with Crippen molar-refractivity contribution in [2.75, 3.05) is 0 Å². The smallest absolute Gasteiger partial charge is 0.0651 e. The summed E-state index contributed by atoms with van der Waals surface area (Å²) in [6.07, 6.45) is 4.25. The Morgan fingerprint density at radius 2 is 2.43 bits per heavy atom. The highest BCUT2D eigenvalue weighted by Gasteiger charge is 1.88. The fourth-order valence-electron chi connectivity index (χ4n) is 0.348. The Morgan fingerprint density at radius 1 is 1.86 bits per heavy atom. The van der Waals surface area contributed by atoms with E-state index >= 15 is 0 Å². The molecule has 0 heteroatoms. The van der Waals surface area contributed by atoms with Gasteiger partial charge in [0.25, 0.3) is 0 Å². The van der Waals surface area contributed by atoms with Gasteiger partial charge in [0.1, 0.15) is 0 Å². The minimum absolute atomic E-state index is 0.969. The highest BCUT2D eigenvalue weighted by molar-refractivity contribution is 5.00. The molecule has 0 unspecified atom stereocenters. The van der Waals surface area contributed by atoms with Gasteiger partial charge in [-0.3, -0.25) is 0 Å². The lowest BCUT2D eigenvalue weighted by Crippen LogP contribution is -1.73. The molecule has 0 atom stereocenters. The van der Waals surface area contributed by atoms with Crippen molar-refractivity contribution >= 4 is 0 Å². The molecule has 0 bridgehead atoms. The lowest BCUT2D eigenvalue weighted by Gasteiger charge is -1.85. The molecule has 0 spiro atoms. The maximum absolute atomic E-state index is 3.65. The summed E-state index contributed by atoms with van der Waals surface area (Å²) in [5, 5.41) is 0. The average molecular weight is 96.2 g/mol. The molecule has 0 saturated carbocycles. The van der Waals surface area contributed by atoms with Gasteiger partial charge in [0.15, 0.2) is 0 Å². The lowest BCUT2D eigenvalue weighted by molar-refractivity contribution is 1.00. The molecule has 0 N–H and O–H groups in total. The molecule has 0 aliphatic rings. The minimum Gasteiger partial charge on any atom is -0.0651 e. The van der Waals surface area contributed by atoms with Crippen molar-refractivity contribution in [1.82, 2.24) is 0 Å². The van der Waals surface area contributed by atoms with E-state index in [2.05, 4.69) is 26.8 Å². The first-order chi connectivity index (χ1) is 3.27. The van der Waals surface area contributed by atoms with Gasteiger partial charge in [-0.2, -0.15) is 0 Å². The van der Waals surface area contributed by atoms with Crippen LogP contribution in [0.4, 0.5) is 0 Å². The fourth-order valence-corrected chi connectivity index (χ4v) is 0.348. The van der Waals surface area contributed by atoms with Crippen LogP contribution in [0.3, 0.4) is 0 Å². The van der Waals surface area contributed by atoms with Gasteiger partial charge >= 0.3 is 0 Å². The maximum Gasteiger partial charge on any atom is 0.0967 e. The molecular formula is C7H12+. The lowest BCUT2D eigenvalue weighted by atomic mass is 10.2. The first-order valence-corrected chi connectivity index (χ1v) is 2.58. The Bertz CT molecular complexity index is 53.1. The number of hydrogen-bond acceptors (Lipinski definition) is 0. The van der Waals surface area contributed by atoms with Gasteiger partial charge in [-0.1, -0.05) is 13.3 Å². The van der Waals surface area contributed by atoms with E-state index in [1.165, 1.54) is 0 Å². The Labute approximate surface area is 46.2 Å². The Morgan fingerprint density at radius 3 is 2.57 bits per heavy atom. The molecule has 0 aromatic heterocycles. The van der Waals surface area contributed by atoms with Crippen LogP contribution in [0.15, 0.2) is 12.2 Å². The number of rotatable bonds is 3. The highest BCUT2D eigenvalue weighted by Crippen LogP contribution is 1.99. The number of allylic oxidation sites excluding steroid dienone is 1. The Balaban J connectivity index is 2.82. The Hall–Kier alpha value is -0.390. The predicted octanol–water partition coefficient (Wildman–Crippen LogP) is 2.38. The van der Waals surface area contributed by atoms with Crippen molar-refractivity contribution in [3.05, 3.63) is 25.5 Å². The van der Waals surface area contributed by atoms with Crippen LogP contribution in [0.5, 0.6) is 0 Å². The quantitative estimate of drug-likeness (QED) is 0.473. The summed E-state index contributed by atoms with van der Waals surface area (Å²) in [4.78, 5) is 0. The van der Waals surface area contributed by atoms with E-state index in [1.54, 1.807) is 0 Å². The highest BCUT2D eigenvalue weighted by atomic mass is 13.9. The minimum atomic E-state index is 0.969. The average Bonchev–Trinajstić information content (AvgIpc) is 1.61. The summed E-state index contributed by atoms with van der Waals surface area (Å²) < 4.78 is 0. The molecule has 0 rings (SSSR count). The van der Waals surface area contributed by atoms with E-state index in [4.69, 9.17) is 0 Å². The molecular weight excluding hydrogens is 84.1 g/mol. The second-order valence-electron chi connectivity index (χ2n) is 1.65.